The molecule has 0 saturated heterocycles. The molecule has 0 amide bonds. The van der Waals surface area contributed by atoms with Crippen molar-refractivity contribution in [3.8, 4) is 11.5 Å². The predicted molar refractivity (Wildman–Crippen MR) is 116 cm³/mol. The maximum Gasteiger partial charge on any atom is 0.161 e. The SMILES string of the molecule is CCOc1cc(C=Nc2ccc(C)cc2C)ccc1OCc1ccc(C)cc1. The van der Waals surface area contributed by atoms with Crippen molar-refractivity contribution in [3.05, 3.63) is 88.5 Å². The number of ether oxygens (including phenoxy) is 2. The molecule has 0 aliphatic heterocycles. The van der Waals surface area contributed by atoms with Gasteiger partial charge in [0.1, 0.15) is 6.61 Å². The van der Waals surface area contributed by atoms with E-state index in [-0.39, 0.29) is 0 Å². The van der Waals surface area contributed by atoms with Crippen LogP contribution in [0.25, 0.3) is 0 Å². The second kappa shape index (κ2) is 9.23. The molecule has 3 rings (SSSR count). The van der Waals surface area contributed by atoms with Crippen molar-refractivity contribution < 1.29 is 9.47 Å². The normalized spacial score (nSPS) is 11.0. The van der Waals surface area contributed by atoms with Crippen LogP contribution in [-0.2, 0) is 6.61 Å². The lowest BCUT2D eigenvalue weighted by atomic mass is 10.1. The Hall–Kier alpha value is -3.07. The molecular weight excluding hydrogens is 346 g/mol. The molecule has 0 radical (unpaired) electrons. The number of benzene rings is 3. The van der Waals surface area contributed by atoms with Crippen LogP contribution in [0.4, 0.5) is 5.69 Å². The Labute approximate surface area is 167 Å². The smallest absolute Gasteiger partial charge is 0.161 e. The lowest BCUT2D eigenvalue weighted by Gasteiger charge is -2.13. The molecule has 0 N–H and O–H groups in total. The highest BCUT2D eigenvalue weighted by molar-refractivity contribution is 5.83. The molecule has 0 fully saturated rings. The highest BCUT2D eigenvalue weighted by Gasteiger charge is 2.07. The zero-order valence-electron chi connectivity index (χ0n) is 17.0. The summed E-state index contributed by atoms with van der Waals surface area (Å²) in [7, 11) is 0. The highest BCUT2D eigenvalue weighted by Crippen LogP contribution is 2.29. The van der Waals surface area contributed by atoms with Crippen molar-refractivity contribution in [1.82, 2.24) is 0 Å². The zero-order valence-corrected chi connectivity index (χ0v) is 17.0. The van der Waals surface area contributed by atoms with Crippen LogP contribution in [0.1, 0.15) is 34.7 Å². The molecule has 0 atom stereocenters. The van der Waals surface area contributed by atoms with Crippen LogP contribution in [-0.4, -0.2) is 12.8 Å². The molecule has 0 aliphatic carbocycles. The van der Waals surface area contributed by atoms with Gasteiger partial charge in [-0.15, -0.1) is 0 Å². The Morgan fingerprint density at radius 1 is 0.786 bits per heavy atom. The van der Waals surface area contributed by atoms with Crippen LogP contribution < -0.4 is 9.47 Å². The molecule has 0 bridgehead atoms. The standard InChI is InChI=1S/C25H27NO2/c1-5-27-25-15-22(16-26-23-12-8-19(3)14-20(23)4)11-13-24(25)28-17-21-9-6-18(2)7-10-21/h6-16H,5,17H2,1-4H3. The van der Waals surface area contributed by atoms with Gasteiger partial charge >= 0.3 is 0 Å². The minimum Gasteiger partial charge on any atom is -0.490 e. The number of hydrogen-bond donors (Lipinski definition) is 0. The summed E-state index contributed by atoms with van der Waals surface area (Å²) in [5.41, 5.74) is 6.73. The largest absolute Gasteiger partial charge is 0.490 e. The molecule has 3 nitrogen and oxygen atoms in total. The first-order chi connectivity index (χ1) is 13.5. The molecule has 3 heteroatoms. The van der Waals surface area contributed by atoms with Gasteiger partial charge in [0.05, 0.1) is 12.3 Å². The molecule has 0 unspecified atom stereocenters. The number of aryl methyl sites for hydroxylation is 3. The van der Waals surface area contributed by atoms with Crippen molar-refractivity contribution in [3.63, 3.8) is 0 Å². The number of hydrogen-bond acceptors (Lipinski definition) is 3. The van der Waals surface area contributed by atoms with Gasteiger partial charge < -0.3 is 9.47 Å². The second-order valence-corrected chi connectivity index (χ2v) is 6.96. The van der Waals surface area contributed by atoms with E-state index in [0.29, 0.717) is 13.2 Å². The van der Waals surface area contributed by atoms with Gasteiger partial charge in [0.25, 0.3) is 0 Å². The Balaban J connectivity index is 1.76. The molecule has 3 aromatic rings. The van der Waals surface area contributed by atoms with Crippen LogP contribution in [0.2, 0.25) is 0 Å². The lowest BCUT2D eigenvalue weighted by molar-refractivity contribution is 0.269. The van der Waals surface area contributed by atoms with Crippen LogP contribution in [0.3, 0.4) is 0 Å². The van der Waals surface area contributed by atoms with Crippen LogP contribution >= 0.6 is 0 Å². The maximum atomic E-state index is 6.00. The first-order valence-corrected chi connectivity index (χ1v) is 9.61. The van der Waals surface area contributed by atoms with E-state index >= 15 is 0 Å². The van der Waals surface area contributed by atoms with Crippen LogP contribution in [0, 0.1) is 20.8 Å². The first-order valence-electron chi connectivity index (χ1n) is 9.61. The van der Waals surface area contributed by atoms with Gasteiger partial charge in [-0.1, -0.05) is 47.5 Å². The van der Waals surface area contributed by atoms with Gasteiger partial charge in [0.15, 0.2) is 11.5 Å². The fraction of sp³-hybridized carbons (Fsp3) is 0.240. The van der Waals surface area contributed by atoms with Crippen LogP contribution in [0.5, 0.6) is 11.5 Å². The summed E-state index contributed by atoms with van der Waals surface area (Å²) in [6, 6.07) is 20.5. The fourth-order valence-corrected chi connectivity index (χ4v) is 2.93. The summed E-state index contributed by atoms with van der Waals surface area (Å²) < 4.78 is 11.8. The number of nitrogens with zero attached hydrogens (tertiary/aromatic N) is 1. The Bertz CT molecular complexity index is 959. The Kier molecular flexibility index (Phi) is 6.49. The van der Waals surface area contributed by atoms with E-state index in [1.54, 1.807) is 0 Å². The minimum atomic E-state index is 0.510. The van der Waals surface area contributed by atoms with Crippen molar-refractivity contribution in [1.29, 1.82) is 0 Å². The topological polar surface area (TPSA) is 30.8 Å². The third kappa shape index (κ3) is 5.23. The molecular formula is C25H27NO2. The molecule has 0 aliphatic rings. The molecule has 0 saturated carbocycles. The number of aliphatic imine (C=N–C) groups is 1. The molecule has 3 aromatic carbocycles. The summed E-state index contributed by atoms with van der Waals surface area (Å²) in [6.45, 7) is 9.31. The summed E-state index contributed by atoms with van der Waals surface area (Å²) in [5, 5.41) is 0. The van der Waals surface area contributed by atoms with Gasteiger partial charge in [-0.25, -0.2) is 0 Å². The summed E-state index contributed by atoms with van der Waals surface area (Å²) >= 11 is 0. The van der Waals surface area contributed by atoms with E-state index in [4.69, 9.17) is 9.47 Å². The average Bonchev–Trinajstić information content (AvgIpc) is 2.68. The van der Waals surface area contributed by atoms with E-state index in [1.807, 2.05) is 37.4 Å². The van der Waals surface area contributed by atoms with Gasteiger partial charge in [-0.05, 0) is 68.7 Å². The monoisotopic (exact) mass is 373 g/mol. The van der Waals surface area contributed by atoms with Gasteiger partial charge in [-0.2, -0.15) is 0 Å². The van der Waals surface area contributed by atoms with Gasteiger partial charge in [0, 0.05) is 6.21 Å². The van der Waals surface area contributed by atoms with Crippen LogP contribution in [0.15, 0.2) is 65.7 Å². The molecule has 0 spiro atoms. The second-order valence-electron chi connectivity index (χ2n) is 6.96. The molecule has 0 heterocycles. The molecule has 0 aromatic heterocycles. The van der Waals surface area contributed by atoms with E-state index in [9.17, 15) is 0 Å². The van der Waals surface area contributed by atoms with Crippen molar-refractivity contribution in [2.75, 3.05) is 6.61 Å². The minimum absolute atomic E-state index is 0.510. The molecule has 144 valence electrons. The first kappa shape index (κ1) is 19.7. The van der Waals surface area contributed by atoms with Crippen molar-refractivity contribution >= 4 is 11.9 Å². The maximum absolute atomic E-state index is 6.00. The Morgan fingerprint density at radius 3 is 2.25 bits per heavy atom. The highest BCUT2D eigenvalue weighted by atomic mass is 16.5. The van der Waals surface area contributed by atoms with Crippen molar-refractivity contribution in [2.45, 2.75) is 34.3 Å². The average molecular weight is 373 g/mol. The molecule has 28 heavy (non-hydrogen) atoms. The lowest BCUT2D eigenvalue weighted by Crippen LogP contribution is -2.00. The summed E-state index contributed by atoms with van der Waals surface area (Å²) in [4.78, 5) is 4.63. The quantitative estimate of drug-likeness (QED) is 0.452. The zero-order chi connectivity index (χ0) is 19.9. The summed E-state index contributed by atoms with van der Waals surface area (Å²) in [5.74, 6) is 1.48. The van der Waals surface area contributed by atoms with E-state index in [2.05, 4.69) is 62.2 Å². The van der Waals surface area contributed by atoms with E-state index < -0.39 is 0 Å². The van der Waals surface area contributed by atoms with Gasteiger partial charge in [-0.3, -0.25) is 4.99 Å². The fourth-order valence-electron chi connectivity index (χ4n) is 2.93. The van der Waals surface area contributed by atoms with E-state index in [1.165, 1.54) is 16.7 Å². The van der Waals surface area contributed by atoms with Crippen molar-refractivity contribution in [2.24, 2.45) is 4.99 Å². The predicted octanol–water partition coefficient (Wildman–Crippen LogP) is 6.34. The summed E-state index contributed by atoms with van der Waals surface area (Å²) in [6.07, 6.45) is 1.87. The van der Waals surface area contributed by atoms with E-state index in [0.717, 1.165) is 28.3 Å². The van der Waals surface area contributed by atoms with Gasteiger partial charge in [0.2, 0.25) is 0 Å². The number of rotatable bonds is 7. The third-order valence-electron chi connectivity index (χ3n) is 4.49. The third-order valence-corrected chi connectivity index (χ3v) is 4.49. The Morgan fingerprint density at radius 2 is 1.54 bits per heavy atom.